The molecule has 100 valence electrons. The van der Waals surface area contributed by atoms with Crippen LogP contribution >= 0.6 is 22.9 Å². The van der Waals surface area contributed by atoms with Gasteiger partial charge in [-0.15, -0.1) is 11.3 Å². The van der Waals surface area contributed by atoms with Crippen molar-refractivity contribution in [3.63, 3.8) is 0 Å². The molecule has 1 aromatic heterocycles. The van der Waals surface area contributed by atoms with Gasteiger partial charge in [0.1, 0.15) is 0 Å². The van der Waals surface area contributed by atoms with E-state index in [4.69, 9.17) is 11.6 Å². The summed E-state index contributed by atoms with van der Waals surface area (Å²) < 4.78 is 0.607. The van der Waals surface area contributed by atoms with Gasteiger partial charge in [0.2, 0.25) is 0 Å². The summed E-state index contributed by atoms with van der Waals surface area (Å²) in [5.41, 5.74) is -0.444. The number of thiophene rings is 1. The Morgan fingerprint density at radius 3 is 2.72 bits per heavy atom. The highest BCUT2D eigenvalue weighted by atomic mass is 35.5. The Morgan fingerprint density at radius 2 is 2.22 bits per heavy atom. The molecule has 3 nitrogen and oxygen atoms in total. The number of amides is 1. The van der Waals surface area contributed by atoms with E-state index in [1.54, 1.807) is 12.1 Å². The average Bonchev–Trinajstić information content (AvgIpc) is 2.79. The Labute approximate surface area is 116 Å². The molecule has 1 saturated carbocycles. The van der Waals surface area contributed by atoms with E-state index >= 15 is 0 Å². The quantitative estimate of drug-likeness (QED) is 0.898. The van der Waals surface area contributed by atoms with Gasteiger partial charge >= 0.3 is 0 Å². The summed E-state index contributed by atoms with van der Waals surface area (Å²) in [6.45, 7) is 2.22. The van der Waals surface area contributed by atoms with E-state index < -0.39 is 5.54 Å². The van der Waals surface area contributed by atoms with Crippen molar-refractivity contribution in [2.45, 2.75) is 38.1 Å². The SMILES string of the molecule is CC1CCC(CO)(NC(=O)c2ccc(Cl)s2)CC1. The zero-order chi connectivity index (χ0) is 13.2. The van der Waals surface area contributed by atoms with E-state index in [-0.39, 0.29) is 12.5 Å². The van der Waals surface area contributed by atoms with Crippen LogP contribution in [-0.4, -0.2) is 23.2 Å². The van der Waals surface area contributed by atoms with Crippen LogP contribution in [0.2, 0.25) is 4.34 Å². The summed E-state index contributed by atoms with van der Waals surface area (Å²) >= 11 is 7.09. The number of nitrogens with one attached hydrogen (secondary N) is 1. The number of hydrogen-bond donors (Lipinski definition) is 2. The number of halogens is 1. The maximum atomic E-state index is 12.1. The normalized spacial score (nSPS) is 28.1. The smallest absolute Gasteiger partial charge is 0.261 e. The van der Waals surface area contributed by atoms with Gasteiger partial charge in [0.15, 0.2) is 0 Å². The number of aliphatic hydroxyl groups is 1. The fourth-order valence-electron chi connectivity index (χ4n) is 2.38. The van der Waals surface area contributed by atoms with Gasteiger partial charge in [-0.3, -0.25) is 4.79 Å². The topological polar surface area (TPSA) is 49.3 Å². The lowest BCUT2D eigenvalue weighted by atomic mass is 9.77. The molecule has 0 aliphatic heterocycles. The van der Waals surface area contributed by atoms with Crippen molar-refractivity contribution in [3.8, 4) is 0 Å². The first-order valence-corrected chi connectivity index (χ1v) is 7.43. The third-order valence-corrected chi connectivity index (χ3v) is 4.94. The third-order valence-electron chi connectivity index (χ3n) is 3.71. The first-order valence-electron chi connectivity index (χ1n) is 6.23. The van der Waals surface area contributed by atoms with E-state index in [2.05, 4.69) is 12.2 Å². The van der Waals surface area contributed by atoms with Crippen molar-refractivity contribution in [2.24, 2.45) is 5.92 Å². The molecule has 0 unspecified atom stereocenters. The summed E-state index contributed by atoms with van der Waals surface area (Å²) in [5.74, 6) is 0.549. The van der Waals surface area contributed by atoms with Crippen molar-refractivity contribution in [3.05, 3.63) is 21.3 Å². The van der Waals surface area contributed by atoms with Crippen molar-refractivity contribution < 1.29 is 9.90 Å². The van der Waals surface area contributed by atoms with E-state index in [1.165, 1.54) is 11.3 Å². The first-order chi connectivity index (χ1) is 8.54. The van der Waals surface area contributed by atoms with E-state index in [0.717, 1.165) is 25.7 Å². The average molecular weight is 288 g/mol. The lowest BCUT2D eigenvalue weighted by Gasteiger charge is -2.38. The second-order valence-corrected chi connectivity index (χ2v) is 6.89. The molecule has 0 atom stereocenters. The summed E-state index contributed by atoms with van der Waals surface area (Å²) in [4.78, 5) is 12.7. The number of carbonyl (C=O) groups is 1. The van der Waals surface area contributed by atoms with Gasteiger partial charge < -0.3 is 10.4 Å². The van der Waals surface area contributed by atoms with Crippen LogP contribution in [0.5, 0.6) is 0 Å². The second-order valence-electron chi connectivity index (χ2n) is 5.18. The zero-order valence-corrected chi connectivity index (χ0v) is 12.0. The summed E-state index contributed by atoms with van der Waals surface area (Å²) in [7, 11) is 0. The number of aliphatic hydroxyl groups excluding tert-OH is 1. The maximum Gasteiger partial charge on any atom is 0.261 e. The Morgan fingerprint density at radius 1 is 1.56 bits per heavy atom. The molecule has 0 bridgehead atoms. The van der Waals surface area contributed by atoms with Crippen LogP contribution in [-0.2, 0) is 0 Å². The van der Waals surface area contributed by atoms with Gasteiger partial charge in [0.25, 0.3) is 5.91 Å². The summed E-state index contributed by atoms with van der Waals surface area (Å²) in [6, 6.07) is 3.44. The summed E-state index contributed by atoms with van der Waals surface area (Å²) in [6.07, 6.45) is 3.78. The van der Waals surface area contributed by atoms with Gasteiger partial charge in [-0.1, -0.05) is 18.5 Å². The molecule has 2 rings (SSSR count). The fourth-order valence-corrected chi connectivity index (χ4v) is 3.31. The van der Waals surface area contributed by atoms with Crippen LogP contribution in [0.3, 0.4) is 0 Å². The molecule has 0 spiro atoms. The molecular formula is C13H18ClNO2S. The van der Waals surface area contributed by atoms with Crippen molar-refractivity contribution in [2.75, 3.05) is 6.61 Å². The monoisotopic (exact) mass is 287 g/mol. The molecule has 1 aromatic rings. The standard InChI is InChI=1S/C13H18ClNO2S/c1-9-4-6-13(8-16,7-5-9)15-12(17)10-2-3-11(14)18-10/h2-3,9,16H,4-8H2,1H3,(H,15,17). The Bertz CT molecular complexity index is 424. The highest BCUT2D eigenvalue weighted by molar-refractivity contribution is 7.18. The first kappa shape index (κ1) is 13.8. The molecule has 1 amide bonds. The number of carbonyl (C=O) groups excluding carboxylic acids is 1. The Balaban J connectivity index is 2.04. The molecular weight excluding hydrogens is 270 g/mol. The largest absolute Gasteiger partial charge is 0.394 e. The molecule has 1 aliphatic rings. The van der Waals surface area contributed by atoms with Crippen LogP contribution in [0.25, 0.3) is 0 Å². The Kier molecular flexibility index (Phi) is 4.30. The molecule has 1 aliphatic carbocycles. The van der Waals surface area contributed by atoms with Crippen molar-refractivity contribution in [1.29, 1.82) is 0 Å². The van der Waals surface area contributed by atoms with E-state index in [1.807, 2.05) is 0 Å². The molecule has 0 radical (unpaired) electrons. The van der Waals surface area contributed by atoms with Crippen LogP contribution in [0.15, 0.2) is 12.1 Å². The minimum absolute atomic E-state index is 0.00453. The predicted octanol–water partition coefficient (Wildman–Crippen LogP) is 3.07. The lowest BCUT2D eigenvalue weighted by Crippen LogP contribution is -2.53. The highest BCUT2D eigenvalue weighted by Crippen LogP contribution is 2.32. The van der Waals surface area contributed by atoms with Crippen molar-refractivity contribution in [1.82, 2.24) is 5.32 Å². The fraction of sp³-hybridized carbons (Fsp3) is 0.615. The molecule has 1 heterocycles. The van der Waals surface area contributed by atoms with Crippen LogP contribution in [0, 0.1) is 5.92 Å². The van der Waals surface area contributed by atoms with Gasteiger partial charge in [-0.05, 0) is 43.7 Å². The third kappa shape index (κ3) is 3.05. The van der Waals surface area contributed by atoms with Gasteiger partial charge in [-0.25, -0.2) is 0 Å². The van der Waals surface area contributed by atoms with Crippen molar-refractivity contribution >= 4 is 28.8 Å². The minimum Gasteiger partial charge on any atom is -0.394 e. The number of hydrogen-bond acceptors (Lipinski definition) is 3. The maximum absolute atomic E-state index is 12.1. The van der Waals surface area contributed by atoms with Crippen LogP contribution < -0.4 is 5.32 Å². The van der Waals surface area contributed by atoms with Crippen LogP contribution in [0.4, 0.5) is 0 Å². The molecule has 2 N–H and O–H groups in total. The van der Waals surface area contributed by atoms with E-state index in [9.17, 15) is 9.90 Å². The Hall–Kier alpha value is -0.580. The van der Waals surface area contributed by atoms with E-state index in [0.29, 0.717) is 15.1 Å². The molecule has 0 saturated heterocycles. The van der Waals surface area contributed by atoms with Gasteiger partial charge in [-0.2, -0.15) is 0 Å². The second kappa shape index (κ2) is 5.59. The minimum atomic E-state index is -0.444. The number of rotatable bonds is 3. The lowest BCUT2D eigenvalue weighted by molar-refractivity contribution is 0.0721. The highest BCUT2D eigenvalue weighted by Gasteiger charge is 2.35. The zero-order valence-electron chi connectivity index (χ0n) is 10.4. The van der Waals surface area contributed by atoms with Gasteiger partial charge in [0, 0.05) is 0 Å². The molecule has 5 heteroatoms. The molecule has 0 aromatic carbocycles. The van der Waals surface area contributed by atoms with Gasteiger partial charge in [0.05, 0.1) is 21.4 Å². The predicted molar refractivity (Wildman–Crippen MR) is 74.2 cm³/mol. The molecule has 18 heavy (non-hydrogen) atoms. The van der Waals surface area contributed by atoms with Crippen LogP contribution in [0.1, 0.15) is 42.3 Å². The summed E-state index contributed by atoms with van der Waals surface area (Å²) in [5, 5.41) is 12.6. The molecule has 1 fully saturated rings.